The number of thiophene rings is 1. The molecule has 0 aromatic carbocycles. The number of rotatable bonds is 6. The molecular weight excluding hydrogens is 242 g/mol. The van der Waals surface area contributed by atoms with E-state index in [-0.39, 0.29) is 0 Å². The fourth-order valence-electron chi connectivity index (χ4n) is 1.34. The largest absolute Gasteiger partial charge is 0.250 e. The smallest absolute Gasteiger partial charge is 0.210 e. The summed E-state index contributed by atoms with van der Waals surface area (Å²) in [6.07, 6.45) is 1.94. The van der Waals surface area contributed by atoms with Crippen LogP contribution in [0.5, 0.6) is 0 Å². The molecule has 0 saturated heterocycles. The number of hydrogen-bond donors (Lipinski definition) is 1. The second-order valence-electron chi connectivity index (χ2n) is 4.30. The van der Waals surface area contributed by atoms with E-state index in [4.69, 9.17) is 0 Å². The maximum Gasteiger partial charge on any atom is 0.250 e. The third-order valence-corrected chi connectivity index (χ3v) is 5.18. The Morgan fingerprint density at radius 1 is 1.38 bits per heavy atom. The predicted molar refractivity (Wildman–Crippen MR) is 68.3 cm³/mol. The maximum absolute atomic E-state index is 11.8. The van der Waals surface area contributed by atoms with Gasteiger partial charge in [0.15, 0.2) is 0 Å². The van der Waals surface area contributed by atoms with Crippen LogP contribution in [0.15, 0.2) is 16.3 Å². The van der Waals surface area contributed by atoms with E-state index < -0.39 is 10.0 Å². The first-order valence-electron chi connectivity index (χ1n) is 5.48. The summed E-state index contributed by atoms with van der Waals surface area (Å²) in [6, 6.07) is 3.48. The van der Waals surface area contributed by atoms with Gasteiger partial charge in [-0.25, -0.2) is 13.1 Å². The Kier molecular flexibility index (Phi) is 4.95. The molecule has 0 radical (unpaired) electrons. The predicted octanol–water partition coefficient (Wildman–Crippen LogP) is 2.77. The molecule has 3 nitrogen and oxygen atoms in total. The maximum atomic E-state index is 11.8. The van der Waals surface area contributed by atoms with E-state index in [2.05, 4.69) is 18.6 Å². The highest BCUT2D eigenvalue weighted by atomic mass is 32.2. The van der Waals surface area contributed by atoms with Gasteiger partial charge < -0.3 is 0 Å². The first kappa shape index (κ1) is 13.7. The van der Waals surface area contributed by atoms with Crippen molar-refractivity contribution in [2.75, 3.05) is 6.54 Å². The monoisotopic (exact) mass is 261 g/mol. The minimum absolute atomic E-state index is 0.412. The second-order valence-corrected chi connectivity index (χ2v) is 7.58. The second kappa shape index (κ2) is 5.80. The molecule has 1 heterocycles. The highest BCUT2D eigenvalue weighted by Crippen LogP contribution is 2.20. The minimum atomic E-state index is -3.27. The molecule has 1 N–H and O–H groups in total. The Bertz CT molecular complexity index is 421. The van der Waals surface area contributed by atoms with Gasteiger partial charge in [-0.05, 0) is 37.8 Å². The number of sulfonamides is 1. The van der Waals surface area contributed by atoms with E-state index in [0.29, 0.717) is 16.7 Å². The van der Waals surface area contributed by atoms with Crippen molar-refractivity contribution in [1.29, 1.82) is 0 Å². The van der Waals surface area contributed by atoms with Crippen LogP contribution in [-0.4, -0.2) is 15.0 Å². The van der Waals surface area contributed by atoms with Gasteiger partial charge in [0.1, 0.15) is 4.21 Å². The van der Waals surface area contributed by atoms with Gasteiger partial charge in [-0.15, -0.1) is 11.3 Å². The zero-order chi connectivity index (χ0) is 12.2. The van der Waals surface area contributed by atoms with Gasteiger partial charge in [-0.1, -0.05) is 13.8 Å². The first-order valence-corrected chi connectivity index (χ1v) is 7.78. The van der Waals surface area contributed by atoms with Crippen LogP contribution in [0.4, 0.5) is 0 Å². The summed E-state index contributed by atoms with van der Waals surface area (Å²) < 4.78 is 26.6. The number of hydrogen-bond acceptors (Lipinski definition) is 3. The summed E-state index contributed by atoms with van der Waals surface area (Å²) in [5, 5.41) is 0. The molecule has 0 aliphatic rings. The van der Waals surface area contributed by atoms with Crippen molar-refractivity contribution in [3.63, 3.8) is 0 Å². The Balaban J connectivity index is 2.47. The van der Waals surface area contributed by atoms with Crippen LogP contribution in [0.25, 0.3) is 0 Å². The highest BCUT2D eigenvalue weighted by molar-refractivity contribution is 7.91. The van der Waals surface area contributed by atoms with Gasteiger partial charge in [-0.2, -0.15) is 0 Å². The molecule has 0 aliphatic carbocycles. The van der Waals surface area contributed by atoms with Gasteiger partial charge in [0.2, 0.25) is 10.0 Å². The topological polar surface area (TPSA) is 46.2 Å². The number of nitrogens with one attached hydrogen (secondary N) is 1. The van der Waals surface area contributed by atoms with Crippen LogP contribution in [-0.2, 0) is 10.0 Å². The Hall–Kier alpha value is -0.390. The molecular formula is C11H19NO2S2. The summed E-state index contributed by atoms with van der Waals surface area (Å²) in [5.74, 6) is 0.619. The third kappa shape index (κ3) is 4.23. The van der Waals surface area contributed by atoms with E-state index in [1.165, 1.54) is 11.3 Å². The molecule has 16 heavy (non-hydrogen) atoms. The Morgan fingerprint density at radius 3 is 2.56 bits per heavy atom. The molecule has 1 aromatic heterocycles. The van der Waals surface area contributed by atoms with Gasteiger partial charge in [0, 0.05) is 11.4 Å². The lowest BCUT2D eigenvalue weighted by Gasteiger charge is -2.06. The molecule has 0 saturated carbocycles. The summed E-state index contributed by atoms with van der Waals surface area (Å²) >= 11 is 1.31. The van der Waals surface area contributed by atoms with Gasteiger partial charge in [-0.3, -0.25) is 0 Å². The van der Waals surface area contributed by atoms with E-state index in [1.54, 1.807) is 6.07 Å². The average Bonchev–Trinajstić information content (AvgIpc) is 2.60. The molecule has 0 atom stereocenters. The molecule has 0 fully saturated rings. The van der Waals surface area contributed by atoms with Crippen molar-refractivity contribution >= 4 is 21.4 Å². The van der Waals surface area contributed by atoms with Crippen LogP contribution in [0.2, 0.25) is 0 Å². The van der Waals surface area contributed by atoms with Crippen molar-refractivity contribution in [3.05, 3.63) is 17.0 Å². The molecule has 1 rings (SSSR count). The van der Waals surface area contributed by atoms with Crippen molar-refractivity contribution in [1.82, 2.24) is 4.72 Å². The quantitative estimate of drug-likeness (QED) is 0.800. The van der Waals surface area contributed by atoms with Crippen molar-refractivity contribution in [3.8, 4) is 0 Å². The van der Waals surface area contributed by atoms with Crippen LogP contribution < -0.4 is 4.72 Å². The summed E-state index contributed by atoms with van der Waals surface area (Å²) in [5.41, 5.74) is 0. The summed E-state index contributed by atoms with van der Waals surface area (Å²) in [6.45, 7) is 6.70. The van der Waals surface area contributed by atoms with Crippen molar-refractivity contribution in [2.45, 2.75) is 37.8 Å². The lowest BCUT2D eigenvalue weighted by Crippen LogP contribution is -2.24. The standard InChI is InChI=1S/C11H19NO2S2/c1-9(2)5-4-8-12-16(13,14)11-7-6-10(3)15-11/h6-7,9,12H,4-5,8H2,1-3H3. The molecule has 0 bridgehead atoms. The normalized spacial score (nSPS) is 12.2. The Morgan fingerprint density at radius 2 is 2.06 bits per heavy atom. The average molecular weight is 261 g/mol. The summed E-state index contributed by atoms with van der Waals surface area (Å²) in [4.78, 5) is 1.02. The highest BCUT2D eigenvalue weighted by Gasteiger charge is 2.14. The molecule has 0 aliphatic heterocycles. The molecule has 92 valence electrons. The summed E-state index contributed by atoms with van der Waals surface area (Å²) in [7, 11) is -3.27. The van der Waals surface area contributed by atoms with Gasteiger partial charge >= 0.3 is 0 Å². The minimum Gasteiger partial charge on any atom is -0.210 e. The molecule has 5 heteroatoms. The zero-order valence-electron chi connectivity index (χ0n) is 9.99. The Labute approximate surface area is 102 Å². The van der Waals surface area contributed by atoms with Gasteiger partial charge in [0.05, 0.1) is 0 Å². The molecule has 0 amide bonds. The van der Waals surface area contributed by atoms with Gasteiger partial charge in [0.25, 0.3) is 0 Å². The van der Waals surface area contributed by atoms with E-state index in [1.807, 2.05) is 13.0 Å². The SMILES string of the molecule is Cc1ccc(S(=O)(=O)NCCCC(C)C)s1. The van der Waals surface area contributed by atoms with Crippen LogP contribution in [0.3, 0.4) is 0 Å². The lowest BCUT2D eigenvalue weighted by molar-refractivity contribution is 0.540. The fourth-order valence-corrected chi connectivity index (χ4v) is 3.75. The third-order valence-electron chi connectivity index (χ3n) is 2.23. The van der Waals surface area contributed by atoms with E-state index in [0.717, 1.165) is 17.7 Å². The first-order chi connectivity index (χ1) is 7.42. The fraction of sp³-hybridized carbons (Fsp3) is 0.636. The number of aryl methyl sites for hydroxylation is 1. The van der Waals surface area contributed by atoms with Crippen molar-refractivity contribution in [2.24, 2.45) is 5.92 Å². The van der Waals surface area contributed by atoms with Crippen LogP contribution in [0, 0.1) is 12.8 Å². The van der Waals surface area contributed by atoms with Crippen LogP contribution in [0.1, 0.15) is 31.6 Å². The lowest BCUT2D eigenvalue weighted by atomic mass is 10.1. The van der Waals surface area contributed by atoms with E-state index >= 15 is 0 Å². The molecule has 0 spiro atoms. The van der Waals surface area contributed by atoms with Crippen LogP contribution >= 0.6 is 11.3 Å². The van der Waals surface area contributed by atoms with E-state index in [9.17, 15) is 8.42 Å². The molecule has 1 aromatic rings. The van der Waals surface area contributed by atoms with Crippen molar-refractivity contribution < 1.29 is 8.42 Å². The zero-order valence-corrected chi connectivity index (χ0v) is 11.6. The molecule has 0 unspecified atom stereocenters.